The number of halogens is 1. The molecule has 0 bridgehead atoms. The van der Waals surface area contributed by atoms with Gasteiger partial charge in [0.1, 0.15) is 12.1 Å². The average molecular weight is 232 g/mol. The van der Waals surface area contributed by atoms with Gasteiger partial charge in [0.05, 0.1) is 12.2 Å². The van der Waals surface area contributed by atoms with Crippen molar-refractivity contribution in [3.63, 3.8) is 0 Å². The Morgan fingerprint density at radius 3 is 2.76 bits per heavy atom. The first-order valence-electron chi connectivity index (χ1n) is 5.42. The van der Waals surface area contributed by atoms with E-state index in [-0.39, 0.29) is 0 Å². The van der Waals surface area contributed by atoms with Crippen LogP contribution in [0.4, 0.5) is 10.2 Å². The second-order valence-electron chi connectivity index (χ2n) is 3.53. The second kappa shape index (κ2) is 5.34. The summed E-state index contributed by atoms with van der Waals surface area (Å²) in [6.45, 7) is 3.32. The third kappa shape index (κ3) is 2.96. The molecule has 0 amide bonds. The zero-order valence-corrected chi connectivity index (χ0v) is 9.55. The highest BCUT2D eigenvalue weighted by Crippen LogP contribution is 2.12. The molecule has 0 spiro atoms. The molecule has 0 aliphatic carbocycles. The van der Waals surface area contributed by atoms with Gasteiger partial charge in [0.25, 0.3) is 0 Å². The monoisotopic (exact) mass is 232 g/mol. The molecule has 0 aromatic carbocycles. The van der Waals surface area contributed by atoms with Crippen LogP contribution in [0.3, 0.4) is 0 Å². The Kier molecular flexibility index (Phi) is 3.59. The maximum Gasteiger partial charge on any atom is 0.218 e. The van der Waals surface area contributed by atoms with Crippen LogP contribution in [0, 0.1) is 5.95 Å². The number of anilines is 1. The SMILES string of the molecule is CCN(Cc1ccccn1)c1cc(F)ncn1. The molecule has 0 fully saturated rings. The maximum absolute atomic E-state index is 13.0. The van der Waals surface area contributed by atoms with Crippen LogP contribution >= 0.6 is 0 Å². The summed E-state index contributed by atoms with van der Waals surface area (Å²) < 4.78 is 13.0. The zero-order chi connectivity index (χ0) is 12.1. The summed E-state index contributed by atoms with van der Waals surface area (Å²) in [6, 6.07) is 7.05. The molecule has 0 saturated carbocycles. The number of hydrogen-bond donors (Lipinski definition) is 0. The van der Waals surface area contributed by atoms with Gasteiger partial charge in [0, 0.05) is 18.8 Å². The van der Waals surface area contributed by atoms with Crippen LogP contribution in [-0.2, 0) is 6.54 Å². The van der Waals surface area contributed by atoms with Crippen LogP contribution in [0.2, 0.25) is 0 Å². The minimum absolute atomic E-state index is 0.519. The van der Waals surface area contributed by atoms with Gasteiger partial charge < -0.3 is 4.90 Å². The largest absolute Gasteiger partial charge is 0.351 e. The molecule has 2 heterocycles. The normalized spacial score (nSPS) is 10.2. The summed E-state index contributed by atoms with van der Waals surface area (Å²) in [4.78, 5) is 13.7. The first-order valence-corrected chi connectivity index (χ1v) is 5.42. The zero-order valence-electron chi connectivity index (χ0n) is 9.55. The Labute approximate surface area is 99.2 Å². The minimum Gasteiger partial charge on any atom is -0.351 e. The van der Waals surface area contributed by atoms with E-state index >= 15 is 0 Å². The lowest BCUT2D eigenvalue weighted by Crippen LogP contribution is -2.23. The molecule has 0 saturated heterocycles. The van der Waals surface area contributed by atoms with Gasteiger partial charge in [-0.1, -0.05) is 6.07 Å². The van der Waals surface area contributed by atoms with E-state index in [9.17, 15) is 4.39 Å². The second-order valence-corrected chi connectivity index (χ2v) is 3.53. The van der Waals surface area contributed by atoms with Crippen LogP contribution in [0.5, 0.6) is 0 Å². The van der Waals surface area contributed by atoms with Gasteiger partial charge in [-0.05, 0) is 19.1 Å². The van der Waals surface area contributed by atoms with Gasteiger partial charge in [0.2, 0.25) is 5.95 Å². The Morgan fingerprint density at radius 2 is 2.12 bits per heavy atom. The summed E-state index contributed by atoms with van der Waals surface area (Å²) in [5.41, 5.74) is 0.924. The first kappa shape index (κ1) is 11.4. The highest BCUT2D eigenvalue weighted by atomic mass is 19.1. The van der Waals surface area contributed by atoms with Crippen molar-refractivity contribution in [1.29, 1.82) is 0 Å². The van der Waals surface area contributed by atoms with E-state index in [2.05, 4.69) is 15.0 Å². The van der Waals surface area contributed by atoms with Crippen molar-refractivity contribution in [2.45, 2.75) is 13.5 Å². The Bertz CT molecular complexity index is 475. The van der Waals surface area contributed by atoms with Crippen molar-refractivity contribution in [3.8, 4) is 0 Å². The maximum atomic E-state index is 13.0. The predicted octanol–water partition coefficient (Wildman–Crippen LogP) is 2.04. The topological polar surface area (TPSA) is 41.9 Å². The van der Waals surface area contributed by atoms with Crippen LogP contribution in [0.15, 0.2) is 36.8 Å². The van der Waals surface area contributed by atoms with E-state index in [0.717, 1.165) is 12.2 Å². The van der Waals surface area contributed by atoms with E-state index in [1.807, 2.05) is 30.0 Å². The van der Waals surface area contributed by atoms with Gasteiger partial charge in [-0.3, -0.25) is 4.98 Å². The lowest BCUT2D eigenvalue weighted by molar-refractivity contribution is 0.577. The molecule has 0 aliphatic heterocycles. The number of aromatic nitrogens is 3. The van der Waals surface area contributed by atoms with E-state index in [4.69, 9.17) is 0 Å². The smallest absolute Gasteiger partial charge is 0.218 e. The highest BCUT2D eigenvalue weighted by molar-refractivity contribution is 5.37. The summed E-state index contributed by atoms with van der Waals surface area (Å²) in [6.07, 6.45) is 2.97. The number of rotatable bonds is 4. The fourth-order valence-corrected chi connectivity index (χ4v) is 1.54. The summed E-state index contributed by atoms with van der Waals surface area (Å²) >= 11 is 0. The fourth-order valence-electron chi connectivity index (χ4n) is 1.54. The van der Waals surface area contributed by atoms with Gasteiger partial charge >= 0.3 is 0 Å². The molecule has 17 heavy (non-hydrogen) atoms. The molecule has 88 valence electrons. The number of nitrogens with zero attached hydrogens (tertiary/aromatic N) is 4. The van der Waals surface area contributed by atoms with Gasteiger partial charge in [-0.15, -0.1) is 0 Å². The third-order valence-corrected chi connectivity index (χ3v) is 2.40. The lowest BCUT2D eigenvalue weighted by Gasteiger charge is -2.20. The third-order valence-electron chi connectivity index (χ3n) is 2.40. The van der Waals surface area contributed by atoms with E-state index in [1.165, 1.54) is 12.4 Å². The molecule has 0 radical (unpaired) electrons. The predicted molar refractivity (Wildman–Crippen MR) is 63.0 cm³/mol. The molecule has 0 aliphatic rings. The van der Waals surface area contributed by atoms with Crippen LogP contribution in [-0.4, -0.2) is 21.5 Å². The molecule has 0 unspecified atom stereocenters. The van der Waals surface area contributed by atoms with Crippen molar-refractivity contribution in [2.24, 2.45) is 0 Å². The van der Waals surface area contributed by atoms with E-state index < -0.39 is 5.95 Å². The Hall–Kier alpha value is -2.04. The van der Waals surface area contributed by atoms with Crippen LogP contribution in [0.1, 0.15) is 12.6 Å². The Morgan fingerprint density at radius 1 is 1.24 bits per heavy atom. The average Bonchev–Trinajstić information content (AvgIpc) is 2.37. The molecule has 0 N–H and O–H groups in total. The van der Waals surface area contributed by atoms with Gasteiger partial charge in [-0.25, -0.2) is 9.97 Å². The first-order chi connectivity index (χ1) is 8.29. The van der Waals surface area contributed by atoms with Crippen molar-refractivity contribution < 1.29 is 4.39 Å². The summed E-state index contributed by atoms with van der Waals surface area (Å²) in [5, 5.41) is 0. The van der Waals surface area contributed by atoms with Crippen molar-refractivity contribution >= 4 is 5.82 Å². The number of pyridine rings is 1. The van der Waals surface area contributed by atoms with E-state index in [1.54, 1.807) is 6.20 Å². The van der Waals surface area contributed by atoms with E-state index in [0.29, 0.717) is 12.4 Å². The quantitative estimate of drug-likeness (QED) is 0.756. The molecular weight excluding hydrogens is 219 g/mol. The highest BCUT2D eigenvalue weighted by Gasteiger charge is 2.08. The fraction of sp³-hybridized carbons (Fsp3) is 0.250. The molecule has 2 aromatic rings. The van der Waals surface area contributed by atoms with Gasteiger partial charge in [0.15, 0.2) is 0 Å². The minimum atomic E-state index is -0.519. The van der Waals surface area contributed by atoms with Crippen LogP contribution in [0.25, 0.3) is 0 Å². The summed E-state index contributed by atoms with van der Waals surface area (Å²) in [7, 11) is 0. The van der Waals surface area contributed by atoms with Crippen molar-refractivity contribution in [3.05, 3.63) is 48.4 Å². The van der Waals surface area contributed by atoms with Crippen molar-refractivity contribution in [1.82, 2.24) is 15.0 Å². The van der Waals surface area contributed by atoms with Gasteiger partial charge in [-0.2, -0.15) is 4.39 Å². The molecule has 4 nitrogen and oxygen atoms in total. The molecule has 2 aromatic heterocycles. The number of hydrogen-bond acceptors (Lipinski definition) is 4. The van der Waals surface area contributed by atoms with Crippen LogP contribution < -0.4 is 4.90 Å². The molecular formula is C12H13FN4. The molecule has 2 rings (SSSR count). The lowest BCUT2D eigenvalue weighted by atomic mass is 10.3. The Balaban J connectivity index is 2.17. The summed E-state index contributed by atoms with van der Waals surface area (Å²) in [5.74, 6) is 0.0557. The van der Waals surface area contributed by atoms with Crippen molar-refractivity contribution in [2.75, 3.05) is 11.4 Å². The molecule has 5 heteroatoms. The standard InChI is InChI=1S/C12H13FN4/c1-2-17(8-10-5-3-4-6-14-10)12-7-11(13)15-9-16-12/h3-7,9H,2,8H2,1H3. The molecule has 0 atom stereocenters.